The molecule has 0 bridgehead atoms. The predicted octanol–water partition coefficient (Wildman–Crippen LogP) is 2.30. The highest BCUT2D eigenvalue weighted by Gasteiger charge is 2.29. The number of fused-ring (bicyclic) bond motifs is 1. The first-order valence-corrected chi connectivity index (χ1v) is 6.79. The maximum Gasteiger partial charge on any atom is 0.325 e. The first-order valence-electron chi connectivity index (χ1n) is 6.79. The van der Waals surface area contributed by atoms with Gasteiger partial charge in [-0.05, 0) is 16.3 Å². The van der Waals surface area contributed by atoms with Crippen molar-refractivity contribution in [1.29, 1.82) is 0 Å². The lowest BCUT2D eigenvalue weighted by atomic mass is 9.97. The van der Waals surface area contributed by atoms with Crippen molar-refractivity contribution >= 4 is 16.7 Å². The van der Waals surface area contributed by atoms with Crippen molar-refractivity contribution in [3.63, 3.8) is 0 Å². The van der Waals surface area contributed by atoms with Crippen LogP contribution in [0, 0.1) is 0 Å². The fourth-order valence-corrected chi connectivity index (χ4v) is 2.81. The quantitative estimate of drug-likeness (QED) is 0.930. The Morgan fingerprint density at radius 1 is 1.10 bits per heavy atom. The average Bonchev–Trinajstić information content (AvgIpc) is 2.48. The zero-order valence-corrected chi connectivity index (χ0v) is 11.2. The minimum absolute atomic E-state index is 0.592. The summed E-state index contributed by atoms with van der Waals surface area (Å²) in [6.07, 6.45) is 0. The molecule has 3 rings (SSSR count). The van der Waals surface area contributed by atoms with Gasteiger partial charge in [0.05, 0.1) is 13.2 Å². The number of benzene rings is 2. The van der Waals surface area contributed by atoms with Crippen LogP contribution in [0.15, 0.2) is 42.5 Å². The van der Waals surface area contributed by atoms with Gasteiger partial charge in [0.15, 0.2) is 0 Å². The SMILES string of the molecule is O=C(O)[C@H](c1cccc2ccccc12)N1CCOCC1. The fraction of sp³-hybridized carbons (Fsp3) is 0.312. The van der Waals surface area contributed by atoms with E-state index in [-0.39, 0.29) is 0 Å². The number of rotatable bonds is 3. The predicted molar refractivity (Wildman–Crippen MR) is 76.7 cm³/mol. The minimum Gasteiger partial charge on any atom is -0.480 e. The molecule has 1 aliphatic rings. The standard InChI is InChI=1S/C16H17NO3/c18-16(19)15(17-8-10-20-11-9-17)14-7-3-5-12-4-1-2-6-13(12)14/h1-7,15H,8-11H2,(H,18,19)/t15-/m0/s1. The molecule has 0 aromatic heterocycles. The second-order valence-electron chi connectivity index (χ2n) is 4.96. The van der Waals surface area contributed by atoms with Crippen LogP contribution >= 0.6 is 0 Å². The number of ether oxygens (including phenoxy) is 1. The lowest BCUT2D eigenvalue weighted by molar-refractivity contribution is -0.145. The molecule has 20 heavy (non-hydrogen) atoms. The molecule has 0 spiro atoms. The van der Waals surface area contributed by atoms with E-state index in [4.69, 9.17) is 4.74 Å². The van der Waals surface area contributed by atoms with Crippen LogP contribution in [-0.2, 0) is 9.53 Å². The summed E-state index contributed by atoms with van der Waals surface area (Å²) in [6.45, 7) is 2.49. The monoisotopic (exact) mass is 271 g/mol. The van der Waals surface area contributed by atoms with E-state index in [0.29, 0.717) is 26.3 Å². The van der Waals surface area contributed by atoms with E-state index in [1.807, 2.05) is 47.4 Å². The summed E-state index contributed by atoms with van der Waals surface area (Å²) < 4.78 is 5.32. The molecule has 1 aliphatic heterocycles. The van der Waals surface area contributed by atoms with E-state index >= 15 is 0 Å². The van der Waals surface area contributed by atoms with Crippen molar-refractivity contribution in [2.45, 2.75) is 6.04 Å². The molecule has 4 heteroatoms. The third-order valence-corrected chi connectivity index (χ3v) is 3.76. The van der Waals surface area contributed by atoms with E-state index in [2.05, 4.69) is 0 Å². The molecule has 0 aliphatic carbocycles. The third-order valence-electron chi connectivity index (χ3n) is 3.76. The third kappa shape index (κ3) is 2.40. The number of aliphatic carboxylic acids is 1. The summed E-state index contributed by atoms with van der Waals surface area (Å²) in [7, 11) is 0. The summed E-state index contributed by atoms with van der Waals surface area (Å²) in [5, 5.41) is 11.7. The van der Waals surface area contributed by atoms with Crippen molar-refractivity contribution in [2.75, 3.05) is 26.3 Å². The number of morpholine rings is 1. The van der Waals surface area contributed by atoms with Crippen LogP contribution in [0.1, 0.15) is 11.6 Å². The Kier molecular flexibility index (Phi) is 3.67. The second kappa shape index (κ2) is 5.61. The van der Waals surface area contributed by atoms with Gasteiger partial charge < -0.3 is 9.84 Å². The number of hydrogen-bond acceptors (Lipinski definition) is 3. The molecule has 0 radical (unpaired) electrons. The topological polar surface area (TPSA) is 49.8 Å². The van der Waals surface area contributed by atoms with Gasteiger partial charge in [0.25, 0.3) is 0 Å². The van der Waals surface area contributed by atoms with Gasteiger partial charge >= 0.3 is 5.97 Å². The zero-order valence-electron chi connectivity index (χ0n) is 11.2. The Labute approximate surface area is 117 Å². The second-order valence-corrected chi connectivity index (χ2v) is 4.96. The van der Waals surface area contributed by atoms with Crippen LogP contribution in [0.4, 0.5) is 0 Å². The normalized spacial score (nSPS) is 18.0. The Hall–Kier alpha value is -1.91. The van der Waals surface area contributed by atoms with Crippen molar-refractivity contribution in [1.82, 2.24) is 4.90 Å². The number of hydrogen-bond donors (Lipinski definition) is 1. The first kappa shape index (κ1) is 13.1. The van der Waals surface area contributed by atoms with Crippen LogP contribution in [0.5, 0.6) is 0 Å². The Morgan fingerprint density at radius 2 is 1.80 bits per heavy atom. The van der Waals surface area contributed by atoms with E-state index in [9.17, 15) is 9.90 Å². The Balaban J connectivity index is 2.07. The van der Waals surface area contributed by atoms with Gasteiger partial charge in [-0.25, -0.2) is 0 Å². The smallest absolute Gasteiger partial charge is 0.325 e. The molecule has 1 saturated heterocycles. The molecule has 2 aromatic carbocycles. The summed E-state index contributed by atoms with van der Waals surface area (Å²) in [6, 6.07) is 13.2. The zero-order chi connectivity index (χ0) is 13.9. The number of carboxylic acid groups (broad SMARTS) is 1. The van der Waals surface area contributed by atoms with Crippen LogP contribution in [0.25, 0.3) is 10.8 Å². The van der Waals surface area contributed by atoms with Crippen LogP contribution in [-0.4, -0.2) is 42.3 Å². The summed E-state index contributed by atoms with van der Waals surface area (Å²) in [5.41, 5.74) is 0.859. The molecule has 0 unspecified atom stereocenters. The molecule has 0 saturated carbocycles. The van der Waals surface area contributed by atoms with Gasteiger partial charge in [0, 0.05) is 13.1 Å². The maximum absolute atomic E-state index is 11.8. The Morgan fingerprint density at radius 3 is 2.55 bits per heavy atom. The fourth-order valence-electron chi connectivity index (χ4n) is 2.81. The molecule has 0 amide bonds. The largest absolute Gasteiger partial charge is 0.480 e. The number of carbonyl (C=O) groups is 1. The summed E-state index contributed by atoms with van der Waals surface area (Å²) in [5.74, 6) is -0.803. The van der Waals surface area contributed by atoms with Gasteiger partial charge in [0.2, 0.25) is 0 Å². The molecular weight excluding hydrogens is 254 g/mol. The van der Waals surface area contributed by atoms with Crippen molar-refractivity contribution in [3.05, 3.63) is 48.0 Å². The molecule has 4 nitrogen and oxygen atoms in total. The molecule has 1 heterocycles. The summed E-state index contributed by atoms with van der Waals surface area (Å²) in [4.78, 5) is 13.7. The van der Waals surface area contributed by atoms with Crippen LogP contribution in [0.2, 0.25) is 0 Å². The molecule has 104 valence electrons. The molecule has 1 fully saturated rings. The van der Waals surface area contributed by atoms with Crippen molar-refractivity contribution in [2.24, 2.45) is 0 Å². The van der Waals surface area contributed by atoms with Gasteiger partial charge in [-0.2, -0.15) is 0 Å². The maximum atomic E-state index is 11.8. The van der Waals surface area contributed by atoms with Crippen molar-refractivity contribution in [3.8, 4) is 0 Å². The van der Waals surface area contributed by atoms with E-state index in [0.717, 1.165) is 16.3 Å². The molecule has 2 aromatic rings. The van der Waals surface area contributed by atoms with Crippen molar-refractivity contribution < 1.29 is 14.6 Å². The number of carboxylic acids is 1. The van der Waals surface area contributed by atoms with Gasteiger partial charge in [0.1, 0.15) is 6.04 Å². The van der Waals surface area contributed by atoms with Crippen LogP contribution in [0.3, 0.4) is 0 Å². The van der Waals surface area contributed by atoms with E-state index < -0.39 is 12.0 Å². The van der Waals surface area contributed by atoms with E-state index in [1.165, 1.54) is 0 Å². The average molecular weight is 271 g/mol. The first-order chi connectivity index (χ1) is 9.77. The minimum atomic E-state index is -0.803. The van der Waals surface area contributed by atoms with Gasteiger partial charge in [-0.1, -0.05) is 42.5 Å². The highest BCUT2D eigenvalue weighted by molar-refractivity contribution is 5.90. The lowest BCUT2D eigenvalue weighted by Gasteiger charge is -2.32. The molecule has 1 atom stereocenters. The Bertz CT molecular complexity index is 615. The highest BCUT2D eigenvalue weighted by Crippen LogP contribution is 2.29. The molecule has 1 N–H and O–H groups in total. The summed E-state index contributed by atoms with van der Waals surface area (Å²) >= 11 is 0. The van der Waals surface area contributed by atoms with E-state index in [1.54, 1.807) is 0 Å². The molecular formula is C16H17NO3. The lowest BCUT2D eigenvalue weighted by Crippen LogP contribution is -2.42. The van der Waals surface area contributed by atoms with Crippen LogP contribution < -0.4 is 0 Å². The highest BCUT2D eigenvalue weighted by atomic mass is 16.5. The van der Waals surface area contributed by atoms with Gasteiger partial charge in [-0.3, -0.25) is 9.69 Å². The number of nitrogens with zero attached hydrogens (tertiary/aromatic N) is 1. The van der Waals surface area contributed by atoms with Gasteiger partial charge in [-0.15, -0.1) is 0 Å².